The van der Waals surface area contributed by atoms with Crippen molar-refractivity contribution in [2.24, 2.45) is 11.8 Å². The Morgan fingerprint density at radius 2 is 1.73 bits per heavy atom. The topological polar surface area (TPSA) is 53.0 Å². The highest BCUT2D eigenvalue weighted by Crippen LogP contribution is 2.23. The summed E-state index contributed by atoms with van der Waals surface area (Å²) in [4.78, 5) is 17.3. The van der Waals surface area contributed by atoms with Crippen LogP contribution in [0.15, 0.2) is 0 Å². The molecule has 3 unspecified atom stereocenters. The first-order chi connectivity index (χ1) is 10.4. The van der Waals surface area contributed by atoms with Gasteiger partial charge in [-0.2, -0.15) is 0 Å². The molecule has 128 valence electrons. The van der Waals surface area contributed by atoms with E-state index in [1.54, 1.807) is 0 Å². The van der Waals surface area contributed by atoms with Crippen LogP contribution in [0.4, 0.5) is 0 Å². The van der Waals surface area contributed by atoms with Crippen molar-refractivity contribution in [2.75, 3.05) is 32.8 Å². The number of rotatable bonds is 4. The van der Waals surface area contributed by atoms with Gasteiger partial charge in [0.2, 0.25) is 5.91 Å². The number of aliphatic hydroxyl groups is 1. The fraction of sp³-hybridized carbons (Fsp3) is 0.941. The quantitative estimate of drug-likeness (QED) is 0.851. The van der Waals surface area contributed by atoms with Crippen LogP contribution >= 0.6 is 0 Å². The van der Waals surface area contributed by atoms with Crippen molar-refractivity contribution in [1.29, 1.82) is 0 Å². The van der Waals surface area contributed by atoms with Gasteiger partial charge in [0.05, 0.1) is 18.2 Å². The summed E-state index contributed by atoms with van der Waals surface area (Å²) in [7, 11) is 0. The van der Waals surface area contributed by atoms with Crippen molar-refractivity contribution >= 4 is 5.91 Å². The van der Waals surface area contributed by atoms with Crippen LogP contribution in [0, 0.1) is 11.8 Å². The standard InChI is InChI=1S/C17H32N2O3/c1-12(2)16(19-9-13(3)22-14(4)10-19)17(21)18-7-5-15(11-20)6-8-18/h12-16,20H,5-11H2,1-4H3. The number of hydrogen-bond donors (Lipinski definition) is 1. The van der Waals surface area contributed by atoms with Gasteiger partial charge >= 0.3 is 0 Å². The van der Waals surface area contributed by atoms with Crippen LogP contribution in [0.3, 0.4) is 0 Å². The van der Waals surface area contributed by atoms with E-state index in [1.807, 2.05) is 4.90 Å². The van der Waals surface area contributed by atoms with Gasteiger partial charge in [-0.25, -0.2) is 0 Å². The number of aliphatic hydroxyl groups excluding tert-OH is 1. The normalized spacial score (nSPS) is 29.8. The van der Waals surface area contributed by atoms with Gasteiger partial charge in [0, 0.05) is 32.8 Å². The van der Waals surface area contributed by atoms with Crippen LogP contribution in [-0.2, 0) is 9.53 Å². The highest BCUT2D eigenvalue weighted by atomic mass is 16.5. The van der Waals surface area contributed by atoms with Crippen molar-refractivity contribution in [1.82, 2.24) is 9.80 Å². The van der Waals surface area contributed by atoms with Crippen molar-refractivity contribution in [3.05, 3.63) is 0 Å². The SMILES string of the molecule is CC1CN(C(C(=O)N2CCC(CO)CC2)C(C)C)CC(C)O1. The Morgan fingerprint density at radius 3 is 2.18 bits per heavy atom. The van der Waals surface area contributed by atoms with E-state index in [0.717, 1.165) is 39.0 Å². The molecule has 0 aromatic heterocycles. The summed E-state index contributed by atoms with van der Waals surface area (Å²) in [6, 6.07) is -0.0560. The second-order valence-corrected chi connectivity index (χ2v) is 7.35. The first-order valence-corrected chi connectivity index (χ1v) is 8.71. The fourth-order valence-electron chi connectivity index (χ4n) is 3.83. The molecule has 2 aliphatic rings. The summed E-state index contributed by atoms with van der Waals surface area (Å²) < 4.78 is 5.81. The molecular weight excluding hydrogens is 280 g/mol. The second-order valence-electron chi connectivity index (χ2n) is 7.35. The maximum Gasteiger partial charge on any atom is 0.240 e. The fourth-order valence-corrected chi connectivity index (χ4v) is 3.83. The molecule has 5 nitrogen and oxygen atoms in total. The first kappa shape index (κ1) is 17.7. The molecule has 2 fully saturated rings. The van der Waals surface area contributed by atoms with Crippen LogP contribution < -0.4 is 0 Å². The van der Waals surface area contributed by atoms with E-state index in [4.69, 9.17) is 4.74 Å². The summed E-state index contributed by atoms with van der Waals surface area (Å²) in [5, 5.41) is 9.25. The minimum Gasteiger partial charge on any atom is -0.396 e. The van der Waals surface area contributed by atoms with E-state index < -0.39 is 0 Å². The Morgan fingerprint density at radius 1 is 1.18 bits per heavy atom. The minimum atomic E-state index is -0.0560. The third kappa shape index (κ3) is 4.21. The van der Waals surface area contributed by atoms with Gasteiger partial charge in [0.1, 0.15) is 0 Å². The van der Waals surface area contributed by atoms with Crippen LogP contribution in [0.1, 0.15) is 40.5 Å². The molecule has 2 rings (SSSR count). The van der Waals surface area contributed by atoms with Crippen LogP contribution in [-0.4, -0.2) is 71.8 Å². The summed E-state index contributed by atoms with van der Waals surface area (Å²) in [5.41, 5.74) is 0. The molecule has 0 saturated carbocycles. The molecule has 0 aliphatic carbocycles. The lowest BCUT2D eigenvalue weighted by Crippen LogP contribution is -2.58. The number of carbonyl (C=O) groups excluding carboxylic acids is 1. The van der Waals surface area contributed by atoms with Gasteiger partial charge in [-0.15, -0.1) is 0 Å². The molecule has 2 saturated heterocycles. The average Bonchev–Trinajstić information content (AvgIpc) is 2.46. The monoisotopic (exact) mass is 312 g/mol. The van der Waals surface area contributed by atoms with E-state index in [1.165, 1.54) is 0 Å². The molecule has 22 heavy (non-hydrogen) atoms. The second kappa shape index (κ2) is 7.75. The molecule has 3 atom stereocenters. The third-order valence-electron chi connectivity index (χ3n) is 4.91. The molecule has 0 spiro atoms. The molecule has 1 amide bonds. The van der Waals surface area contributed by atoms with Crippen LogP contribution in [0.25, 0.3) is 0 Å². The summed E-state index contributed by atoms with van der Waals surface area (Å²) in [5.74, 6) is 0.915. The van der Waals surface area contributed by atoms with Crippen LogP contribution in [0.5, 0.6) is 0 Å². The Bertz CT molecular complexity index is 357. The third-order valence-corrected chi connectivity index (χ3v) is 4.91. The number of nitrogens with zero attached hydrogens (tertiary/aromatic N) is 2. The van der Waals surface area contributed by atoms with E-state index in [0.29, 0.717) is 11.8 Å². The van der Waals surface area contributed by atoms with Crippen molar-refractivity contribution in [3.63, 3.8) is 0 Å². The Balaban J connectivity index is 2.02. The van der Waals surface area contributed by atoms with E-state index in [-0.39, 0.29) is 30.8 Å². The van der Waals surface area contributed by atoms with Crippen molar-refractivity contribution in [2.45, 2.75) is 58.8 Å². The number of carbonyl (C=O) groups is 1. The highest BCUT2D eigenvalue weighted by Gasteiger charge is 2.37. The average molecular weight is 312 g/mol. The minimum absolute atomic E-state index is 0.0560. The summed E-state index contributed by atoms with van der Waals surface area (Å²) >= 11 is 0. The maximum atomic E-state index is 13.0. The molecule has 2 aliphatic heterocycles. The molecule has 0 aromatic carbocycles. The number of likely N-dealkylation sites (tertiary alicyclic amines) is 1. The molecule has 0 radical (unpaired) electrons. The molecular formula is C17H32N2O3. The highest BCUT2D eigenvalue weighted by molar-refractivity contribution is 5.82. The number of morpholine rings is 1. The van der Waals surface area contributed by atoms with Gasteiger partial charge in [-0.3, -0.25) is 9.69 Å². The number of hydrogen-bond acceptors (Lipinski definition) is 4. The molecule has 0 bridgehead atoms. The van der Waals surface area contributed by atoms with Crippen molar-refractivity contribution in [3.8, 4) is 0 Å². The summed E-state index contributed by atoms with van der Waals surface area (Å²) in [6.07, 6.45) is 2.20. The van der Waals surface area contributed by atoms with Gasteiger partial charge in [-0.1, -0.05) is 13.8 Å². The summed E-state index contributed by atoms with van der Waals surface area (Å²) in [6.45, 7) is 11.9. The Labute approximate surface area is 134 Å². The molecule has 1 N–H and O–H groups in total. The van der Waals surface area contributed by atoms with Gasteiger partial charge < -0.3 is 14.7 Å². The Kier molecular flexibility index (Phi) is 6.24. The lowest BCUT2D eigenvalue weighted by atomic mass is 9.94. The zero-order chi connectivity index (χ0) is 16.3. The van der Waals surface area contributed by atoms with Crippen LogP contribution in [0.2, 0.25) is 0 Å². The molecule has 0 aromatic rings. The van der Waals surface area contributed by atoms with Gasteiger partial charge in [0.25, 0.3) is 0 Å². The van der Waals surface area contributed by atoms with E-state index in [9.17, 15) is 9.90 Å². The Hall–Kier alpha value is -0.650. The van der Waals surface area contributed by atoms with Gasteiger partial charge in [0.15, 0.2) is 0 Å². The largest absolute Gasteiger partial charge is 0.396 e. The lowest BCUT2D eigenvalue weighted by Gasteiger charge is -2.43. The van der Waals surface area contributed by atoms with E-state index >= 15 is 0 Å². The molecule has 2 heterocycles. The first-order valence-electron chi connectivity index (χ1n) is 8.71. The maximum absolute atomic E-state index is 13.0. The van der Waals surface area contributed by atoms with Crippen molar-refractivity contribution < 1.29 is 14.6 Å². The number of piperidine rings is 1. The molecule has 5 heteroatoms. The zero-order valence-corrected chi connectivity index (χ0v) is 14.5. The predicted molar refractivity (Wildman–Crippen MR) is 86.6 cm³/mol. The number of ether oxygens (including phenoxy) is 1. The lowest BCUT2D eigenvalue weighted by molar-refractivity contribution is -0.147. The smallest absolute Gasteiger partial charge is 0.240 e. The predicted octanol–water partition coefficient (Wildman–Crippen LogP) is 1.35. The van der Waals surface area contributed by atoms with Gasteiger partial charge in [-0.05, 0) is 38.5 Å². The van der Waals surface area contributed by atoms with E-state index in [2.05, 4.69) is 32.6 Å². The number of amides is 1. The zero-order valence-electron chi connectivity index (χ0n) is 14.5.